The van der Waals surface area contributed by atoms with Crippen LogP contribution in [0.1, 0.15) is 51.0 Å². The number of nitrogens with one attached hydrogen (secondary N) is 2. The molecular weight excluding hydrogens is 500 g/mol. The summed E-state index contributed by atoms with van der Waals surface area (Å²) in [7, 11) is -8.38. The third-order valence-corrected chi connectivity index (χ3v) is 11.4. The van der Waals surface area contributed by atoms with Crippen molar-refractivity contribution in [1.29, 1.82) is 0 Å². The van der Waals surface area contributed by atoms with Crippen molar-refractivity contribution in [3.05, 3.63) is 71.6 Å². The first-order chi connectivity index (χ1) is 16.7. The smallest absolute Gasteiger partial charge is 0.263 e. The Hall–Kier alpha value is -2.04. The van der Waals surface area contributed by atoms with Crippen LogP contribution in [0.4, 0.5) is 0 Å². The number of benzene rings is 2. The molecule has 0 saturated heterocycles. The molecule has 1 saturated carbocycles. The lowest BCUT2D eigenvalue weighted by Gasteiger charge is -2.25. The molecule has 3 aromatic rings. The van der Waals surface area contributed by atoms with E-state index in [0.29, 0.717) is 6.04 Å². The van der Waals surface area contributed by atoms with Gasteiger partial charge in [-0.1, -0.05) is 78.7 Å². The molecule has 1 heterocycles. The van der Waals surface area contributed by atoms with Gasteiger partial charge in [-0.05, 0) is 59.5 Å². The topological polar surface area (TPSA) is 92.3 Å². The Morgan fingerprint density at radius 3 is 2.29 bits per heavy atom. The van der Waals surface area contributed by atoms with E-state index in [1.165, 1.54) is 56.7 Å². The van der Waals surface area contributed by atoms with Gasteiger partial charge in [0.05, 0.1) is 4.90 Å². The van der Waals surface area contributed by atoms with Crippen molar-refractivity contribution >= 4 is 31.4 Å². The van der Waals surface area contributed by atoms with Gasteiger partial charge in [-0.15, -0.1) is 11.3 Å². The Morgan fingerprint density at radius 2 is 1.60 bits per heavy atom. The molecular formula is C26H32N2O4S3. The molecule has 1 atom stereocenters. The summed E-state index contributed by atoms with van der Waals surface area (Å²) in [5.74, 6) is 0.813. The molecule has 6 nitrogen and oxygen atoms in total. The fourth-order valence-electron chi connectivity index (χ4n) is 4.71. The van der Waals surface area contributed by atoms with E-state index >= 15 is 0 Å². The Labute approximate surface area is 212 Å². The number of thiophene rings is 1. The van der Waals surface area contributed by atoms with Gasteiger partial charge in [0.1, 0.15) is 4.21 Å². The number of sulfonamides is 2. The summed E-state index contributed by atoms with van der Waals surface area (Å²) in [6.07, 6.45) is 7.92. The zero-order chi connectivity index (χ0) is 24.9. The van der Waals surface area contributed by atoms with Crippen molar-refractivity contribution in [2.75, 3.05) is 0 Å². The second-order valence-electron chi connectivity index (χ2n) is 9.23. The average molecular weight is 533 g/mol. The first kappa shape index (κ1) is 26.0. The highest BCUT2D eigenvalue weighted by molar-refractivity contribution is 8.05. The molecule has 0 bridgehead atoms. The Balaban J connectivity index is 1.44. The van der Waals surface area contributed by atoms with Gasteiger partial charge in [-0.2, -0.15) is 0 Å². The second kappa shape index (κ2) is 11.3. The molecule has 0 amide bonds. The quantitative estimate of drug-likeness (QED) is 0.358. The lowest BCUT2D eigenvalue weighted by Crippen LogP contribution is -2.30. The van der Waals surface area contributed by atoms with Gasteiger partial charge in [0.15, 0.2) is 0 Å². The monoisotopic (exact) mass is 532 g/mol. The fourth-order valence-corrected chi connectivity index (χ4v) is 8.76. The van der Waals surface area contributed by atoms with Crippen molar-refractivity contribution in [2.45, 2.75) is 67.1 Å². The third-order valence-electron chi connectivity index (χ3n) is 6.52. The Kier molecular flexibility index (Phi) is 8.44. The predicted octanol–water partition coefficient (Wildman–Crippen LogP) is 5.53. The van der Waals surface area contributed by atoms with Crippen LogP contribution in [0.25, 0.3) is 11.1 Å². The largest absolute Gasteiger partial charge is 0.310 e. The first-order valence-corrected chi connectivity index (χ1v) is 15.8. The summed E-state index contributed by atoms with van der Waals surface area (Å²) in [4.78, 5) is -0.0990. The molecule has 0 radical (unpaired) electrons. The number of hydrogen-bond donors (Lipinski definition) is 2. The molecule has 1 fully saturated rings. The van der Waals surface area contributed by atoms with E-state index in [1.54, 1.807) is 23.6 Å². The summed E-state index contributed by atoms with van der Waals surface area (Å²) >= 11 is 0.962. The van der Waals surface area contributed by atoms with E-state index in [0.717, 1.165) is 40.5 Å². The van der Waals surface area contributed by atoms with Crippen molar-refractivity contribution < 1.29 is 16.8 Å². The van der Waals surface area contributed by atoms with Crippen LogP contribution >= 0.6 is 11.3 Å². The number of rotatable bonds is 10. The van der Waals surface area contributed by atoms with Crippen LogP contribution in [0.5, 0.6) is 0 Å². The molecule has 0 unspecified atom stereocenters. The van der Waals surface area contributed by atoms with Crippen LogP contribution in [-0.4, -0.2) is 22.9 Å². The van der Waals surface area contributed by atoms with E-state index in [-0.39, 0.29) is 9.10 Å². The molecule has 1 aliphatic rings. The van der Waals surface area contributed by atoms with Crippen molar-refractivity contribution in [3.63, 3.8) is 0 Å². The SMILES string of the molecule is C[C@@H](CC1CCCCC1)NCc1ccccc1-c1ccc(S(=O)(=O)NS(=O)(=O)c2cccs2)cc1. The molecule has 35 heavy (non-hydrogen) atoms. The van der Waals surface area contributed by atoms with Crippen LogP contribution in [-0.2, 0) is 26.6 Å². The molecule has 0 aliphatic heterocycles. The van der Waals surface area contributed by atoms with Crippen LogP contribution in [0.15, 0.2) is 75.1 Å². The molecule has 2 aromatic carbocycles. The van der Waals surface area contributed by atoms with Gasteiger partial charge >= 0.3 is 0 Å². The highest BCUT2D eigenvalue weighted by Gasteiger charge is 2.25. The van der Waals surface area contributed by atoms with Crippen molar-refractivity contribution in [3.8, 4) is 11.1 Å². The van der Waals surface area contributed by atoms with Crippen LogP contribution < -0.4 is 9.44 Å². The zero-order valence-electron chi connectivity index (χ0n) is 19.8. The Morgan fingerprint density at radius 1 is 0.886 bits per heavy atom. The van der Waals surface area contributed by atoms with Crippen molar-refractivity contribution in [2.24, 2.45) is 5.92 Å². The standard InChI is InChI=1S/C26H32N2O4S3/c1-20(18-21-8-3-2-4-9-21)27-19-23-10-5-6-11-25(23)22-13-15-24(16-14-22)34(29,30)28-35(31,32)26-12-7-17-33-26/h5-7,10-17,20-21,27-28H,2-4,8-9,18-19H2,1H3/t20-/m0/s1. The van der Waals surface area contributed by atoms with Crippen LogP contribution in [0, 0.1) is 5.92 Å². The molecule has 188 valence electrons. The predicted molar refractivity (Wildman–Crippen MR) is 141 cm³/mol. The third kappa shape index (κ3) is 6.80. The van der Waals surface area contributed by atoms with E-state index in [4.69, 9.17) is 0 Å². The zero-order valence-corrected chi connectivity index (χ0v) is 22.3. The molecule has 0 spiro atoms. The fraction of sp³-hybridized carbons (Fsp3) is 0.385. The van der Waals surface area contributed by atoms with Gasteiger partial charge in [0.2, 0.25) is 0 Å². The van der Waals surface area contributed by atoms with Crippen molar-refractivity contribution in [1.82, 2.24) is 9.44 Å². The van der Waals surface area contributed by atoms with Gasteiger partial charge in [-0.3, -0.25) is 0 Å². The molecule has 2 N–H and O–H groups in total. The van der Waals surface area contributed by atoms with Gasteiger partial charge in [0, 0.05) is 12.6 Å². The lowest BCUT2D eigenvalue weighted by atomic mass is 9.85. The summed E-state index contributed by atoms with van der Waals surface area (Å²) < 4.78 is 52.0. The maximum absolute atomic E-state index is 12.7. The second-order valence-corrected chi connectivity index (χ2v) is 14.0. The molecule has 1 aliphatic carbocycles. The normalized spacial score (nSPS) is 16.3. The minimum Gasteiger partial charge on any atom is -0.310 e. The van der Waals surface area contributed by atoms with E-state index in [9.17, 15) is 16.8 Å². The summed E-state index contributed by atoms with van der Waals surface area (Å²) in [6, 6.07) is 17.7. The first-order valence-electron chi connectivity index (χ1n) is 12.0. The summed E-state index contributed by atoms with van der Waals surface area (Å²) in [6.45, 7) is 2.97. The van der Waals surface area contributed by atoms with E-state index in [2.05, 4.69) is 18.3 Å². The maximum Gasteiger partial charge on any atom is 0.263 e. The lowest BCUT2D eigenvalue weighted by molar-refractivity contribution is 0.305. The van der Waals surface area contributed by atoms with E-state index < -0.39 is 20.0 Å². The van der Waals surface area contributed by atoms with Gasteiger partial charge in [-0.25, -0.2) is 16.8 Å². The molecule has 4 rings (SSSR count). The van der Waals surface area contributed by atoms with E-state index in [1.807, 2.05) is 22.3 Å². The average Bonchev–Trinajstić information content (AvgIpc) is 3.40. The summed E-state index contributed by atoms with van der Waals surface area (Å²) in [5, 5.41) is 5.24. The van der Waals surface area contributed by atoms with Gasteiger partial charge in [0.25, 0.3) is 20.0 Å². The molecule has 1 aromatic heterocycles. The maximum atomic E-state index is 12.7. The minimum absolute atomic E-state index is 0.0446. The van der Waals surface area contributed by atoms with Gasteiger partial charge < -0.3 is 5.32 Å². The van der Waals surface area contributed by atoms with Crippen LogP contribution in [0.2, 0.25) is 0 Å². The molecule has 9 heteroatoms. The number of hydrogen-bond acceptors (Lipinski definition) is 6. The highest BCUT2D eigenvalue weighted by atomic mass is 32.3. The Bertz CT molecular complexity index is 1310. The summed E-state index contributed by atoms with van der Waals surface area (Å²) in [5.41, 5.74) is 3.03. The minimum atomic E-state index is -4.23. The van der Waals surface area contributed by atoms with Crippen LogP contribution in [0.3, 0.4) is 0 Å². The highest BCUT2D eigenvalue weighted by Crippen LogP contribution is 2.28.